The van der Waals surface area contributed by atoms with Crippen LogP contribution in [0.2, 0.25) is 0 Å². The Kier molecular flexibility index (Phi) is 6.99. The number of rotatable bonds is 7. The van der Waals surface area contributed by atoms with Crippen LogP contribution >= 0.6 is 11.3 Å². The van der Waals surface area contributed by atoms with Gasteiger partial charge in [0.15, 0.2) is 0 Å². The van der Waals surface area contributed by atoms with E-state index in [-0.39, 0.29) is 18.2 Å². The molecule has 0 aliphatic rings. The molecule has 1 aromatic heterocycles. The summed E-state index contributed by atoms with van der Waals surface area (Å²) in [6.07, 6.45) is 2.22. The van der Waals surface area contributed by atoms with Crippen LogP contribution in [-0.2, 0) is 11.3 Å². The van der Waals surface area contributed by atoms with Crippen LogP contribution < -0.4 is 15.8 Å². The van der Waals surface area contributed by atoms with E-state index in [1.807, 2.05) is 52.0 Å². The second kappa shape index (κ2) is 9.00. The molecule has 6 nitrogen and oxygen atoms in total. The van der Waals surface area contributed by atoms with Gasteiger partial charge in [-0.15, -0.1) is 11.3 Å². The first-order valence-corrected chi connectivity index (χ1v) is 9.45. The normalized spacial score (nSPS) is 12.5. The van der Waals surface area contributed by atoms with Gasteiger partial charge in [0.05, 0.1) is 11.0 Å². The highest BCUT2D eigenvalue weighted by atomic mass is 32.1. The average Bonchev–Trinajstić information content (AvgIpc) is 3.01. The number of nitrogens with zero attached hydrogens (tertiary/aromatic N) is 1. The smallest absolute Gasteiger partial charge is 0.407 e. The standard InChI is InChI=1S/C19H27N3O3S/c1-13(9-10-20)25-15-7-5-14(6-8-15)17-21-11-16(26-17)12-24-18(23)22-19(2,3)4/h5-8,11,13H,9-10,12,20H2,1-4H3,(H,22,23). The molecule has 0 spiro atoms. The fourth-order valence-electron chi connectivity index (χ4n) is 2.19. The Labute approximate surface area is 158 Å². The highest BCUT2D eigenvalue weighted by Crippen LogP contribution is 2.27. The lowest BCUT2D eigenvalue weighted by molar-refractivity contribution is 0.132. The van der Waals surface area contributed by atoms with Crippen LogP contribution in [0.1, 0.15) is 39.0 Å². The molecule has 0 saturated heterocycles. The van der Waals surface area contributed by atoms with Crippen molar-refractivity contribution in [1.29, 1.82) is 0 Å². The zero-order chi connectivity index (χ0) is 19.2. The lowest BCUT2D eigenvalue weighted by atomic mass is 10.1. The van der Waals surface area contributed by atoms with E-state index in [2.05, 4.69) is 10.3 Å². The van der Waals surface area contributed by atoms with Gasteiger partial charge in [0.25, 0.3) is 0 Å². The van der Waals surface area contributed by atoms with Crippen LogP contribution in [0, 0.1) is 0 Å². The van der Waals surface area contributed by atoms with Crippen molar-refractivity contribution >= 4 is 17.4 Å². The summed E-state index contributed by atoms with van der Waals surface area (Å²) in [6.45, 7) is 8.54. The lowest BCUT2D eigenvalue weighted by Crippen LogP contribution is -2.40. The summed E-state index contributed by atoms with van der Waals surface area (Å²) in [5.74, 6) is 0.814. The Hall–Kier alpha value is -2.12. The summed E-state index contributed by atoms with van der Waals surface area (Å²) < 4.78 is 11.0. The highest BCUT2D eigenvalue weighted by molar-refractivity contribution is 7.15. The maximum Gasteiger partial charge on any atom is 0.407 e. The van der Waals surface area contributed by atoms with E-state index in [1.165, 1.54) is 11.3 Å². The number of hydrogen-bond acceptors (Lipinski definition) is 6. The monoisotopic (exact) mass is 377 g/mol. The third-order valence-electron chi connectivity index (χ3n) is 3.39. The molecule has 0 saturated carbocycles. The number of hydrogen-bond donors (Lipinski definition) is 2. The zero-order valence-corrected chi connectivity index (χ0v) is 16.6. The summed E-state index contributed by atoms with van der Waals surface area (Å²) in [4.78, 5) is 17.0. The first-order valence-electron chi connectivity index (χ1n) is 8.63. The molecule has 7 heteroatoms. The molecule has 142 valence electrons. The Morgan fingerprint density at radius 1 is 1.31 bits per heavy atom. The van der Waals surface area contributed by atoms with Crippen LogP contribution in [0.4, 0.5) is 4.79 Å². The van der Waals surface area contributed by atoms with Gasteiger partial charge in [0, 0.05) is 17.3 Å². The first-order chi connectivity index (χ1) is 12.3. The molecule has 1 amide bonds. The number of nitrogens with two attached hydrogens (primary N) is 1. The van der Waals surface area contributed by atoms with Crippen molar-refractivity contribution in [1.82, 2.24) is 10.3 Å². The maximum atomic E-state index is 11.7. The van der Waals surface area contributed by atoms with Crippen LogP contribution in [0.3, 0.4) is 0 Å². The molecule has 1 heterocycles. The van der Waals surface area contributed by atoms with E-state index in [9.17, 15) is 4.79 Å². The third-order valence-corrected chi connectivity index (χ3v) is 4.41. The molecule has 2 aromatic rings. The molecule has 2 rings (SSSR count). The summed E-state index contributed by atoms with van der Waals surface area (Å²) >= 11 is 1.50. The fraction of sp³-hybridized carbons (Fsp3) is 0.474. The molecular weight excluding hydrogens is 350 g/mol. The SMILES string of the molecule is CC(CCN)Oc1ccc(-c2ncc(COC(=O)NC(C)(C)C)s2)cc1. The molecule has 0 aliphatic carbocycles. The van der Waals surface area contributed by atoms with E-state index in [1.54, 1.807) is 6.20 Å². The van der Waals surface area contributed by atoms with E-state index in [0.717, 1.165) is 27.6 Å². The van der Waals surface area contributed by atoms with Crippen LogP contribution in [0.25, 0.3) is 10.6 Å². The van der Waals surface area contributed by atoms with Crippen LogP contribution in [-0.4, -0.2) is 29.3 Å². The molecule has 3 N–H and O–H groups in total. The van der Waals surface area contributed by atoms with Crippen molar-refractivity contribution < 1.29 is 14.3 Å². The number of ether oxygens (including phenoxy) is 2. The van der Waals surface area contributed by atoms with Gasteiger partial charge in [-0.2, -0.15) is 0 Å². The minimum absolute atomic E-state index is 0.0914. The van der Waals surface area contributed by atoms with Crippen molar-refractivity contribution in [3.63, 3.8) is 0 Å². The number of benzene rings is 1. The van der Waals surface area contributed by atoms with Crippen LogP contribution in [0.15, 0.2) is 30.5 Å². The van der Waals surface area contributed by atoms with Gasteiger partial charge in [-0.3, -0.25) is 0 Å². The molecule has 0 radical (unpaired) electrons. The second-order valence-corrected chi connectivity index (χ2v) is 8.23. The minimum atomic E-state index is -0.430. The topological polar surface area (TPSA) is 86.5 Å². The van der Waals surface area contributed by atoms with Gasteiger partial charge in [-0.25, -0.2) is 9.78 Å². The Balaban J connectivity index is 1.91. The van der Waals surface area contributed by atoms with Crippen molar-refractivity contribution in [3.8, 4) is 16.3 Å². The summed E-state index contributed by atoms with van der Waals surface area (Å²) in [7, 11) is 0. The number of alkyl carbamates (subject to hydrolysis) is 1. The number of carbonyl (C=O) groups is 1. The average molecular weight is 378 g/mol. The van der Waals surface area contributed by atoms with Gasteiger partial charge in [0.1, 0.15) is 17.4 Å². The van der Waals surface area contributed by atoms with Crippen LogP contribution in [0.5, 0.6) is 5.75 Å². The molecule has 0 aliphatic heterocycles. The number of amides is 1. The largest absolute Gasteiger partial charge is 0.491 e. The van der Waals surface area contributed by atoms with Crippen molar-refractivity contribution in [2.75, 3.05) is 6.54 Å². The third kappa shape index (κ3) is 6.65. The number of nitrogens with one attached hydrogen (secondary N) is 1. The first kappa shape index (κ1) is 20.2. The molecule has 1 atom stereocenters. The van der Waals surface area contributed by atoms with E-state index in [4.69, 9.17) is 15.2 Å². The Bertz CT molecular complexity index is 708. The van der Waals surface area contributed by atoms with E-state index < -0.39 is 6.09 Å². The zero-order valence-electron chi connectivity index (χ0n) is 15.7. The molecule has 1 unspecified atom stereocenters. The van der Waals surface area contributed by atoms with Gasteiger partial charge in [-0.05, 0) is 64.9 Å². The molecular formula is C19H27N3O3S. The van der Waals surface area contributed by atoms with E-state index in [0.29, 0.717) is 6.54 Å². The van der Waals surface area contributed by atoms with Crippen molar-refractivity contribution in [2.24, 2.45) is 5.73 Å². The highest BCUT2D eigenvalue weighted by Gasteiger charge is 2.15. The van der Waals surface area contributed by atoms with Gasteiger partial charge >= 0.3 is 6.09 Å². The molecule has 0 fully saturated rings. The quantitative estimate of drug-likeness (QED) is 0.763. The van der Waals surface area contributed by atoms with Crippen molar-refractivity contribution in [3.05, 3.63) is 35.3 Å². The minimum Gasteiger partial charge on any atom is -0.491 e. The second-order valence-electron chi connectivity index (χ2n) is 7.11. The predicted octanol–water partition coefficient (Wildman–Crippen LogP) is 3.95. The Morgan fingerprint density at radius 2 is 2.00 bits per heavy atom. The fourth-order valence-corrected chi connectivity index (χ4v) is 3.02. The van der Waals surface area contributed by atoms with E-state index >= 15 is 0 Å². The predicted molar refractivity (Wildman–Crippen MR) is 104 cm³/mol. The number of aromatic nitrogens is 1. The summed E-state index contributed by atoms with van der Waals surface area (Å²) in [5, 5.41) is 3.64. The van der Waals surface area contributed by atoms with Gasteiger partial charge in [0.2, 0.25) is 0 Å². The molecule has 26 heavy (non-hydrogen) atoms. The maximum absolute atomic E-state index is 11.7. The Morgan fingerprint density at radius 3 is 2.62 bits per heavy atom. The number of thiazole rings is 1. The lowest BCUT2D eigenvalue weighted by Gasteiger charge is -2.19. The number of carbonyl (C=O) groups excluding carboxylic acids is 1. The summed E-state index contributed by atoms with van der Waals surface area (Å²) in [5.41, 5.74) is 6.22. The van der Waals surface area contributed by atoms with Gasteiger partial charge < -0.3 is 20.5 Å². The summed E-state index contributed by atoms with van der Waals surface area (Å²) in [6, 6.07) is 7.80. The van der Waals surface area contributed by atoms with Gasteiger partial charge in [-0.1, -0.05) is 0 Å². The van der Waals surface area contributed by atoms with Crippen molar-refractivity contribution in [2.45, 2.75) is 52.4 Å². The molecule has 0 bridgehead atoms. The molecule has 1 aromatic carbocycles.